The van der Waals surface area contributed by atoms with E-state index in [0.717, 1.165) is 25.7 Å². The van der Waals surface area contributed by atoms with Gasteiger partial charge in [0.25, 0.3) is 5.91 Å². The number of amides is 1. The number of anilines is 1. The molecular weight excluding hydrogens is 380 g/mol. The molecule has 0 saturated carbocycles. The second-order valence-electron chi connectivity index (χ2n) is 6.87. The summed E-state index contributed by atoms with van der Waals surface area (Å²) >= 11 is 0. The zero-order chi connectivity index (χ0) is 19.6. The summed E-state index contributed by atoms with van der Waals surface area (Å²) in [7, 11) is -3.61. The number of ether oxygens (including phenoxy) is 2. The van der Waals surface area contributed by atoms with E-state index in [2.05, 4.69) is 5.32 Å². The minimum Gasteiger partial charge on any atom is -0.454 e. The van der Waals surface area contributed by atoms with Crippen molar-refractivity contribution in [1.29, 1.82) is 0 Å². The molecule has 2 heterocycles. The molecule has 0 aliphatic carbocycles. The lowest BCUT2D eigenvalue weighted by atomic mass is 10.2. The van der Waals surface area contributed by atoms with Gasteiger partial charge in [-0.15, -0.1) is 0 Å². The van der Waals surface area contributed by atoms with E-state index in [9.17, 15) is 13.2 Å². The summed E-state index contributed by atoms with van der Waals surface area (Å²) in [4.78, 5) is 12.8. The molecule has 0 aromatic heterocycles. The van der Waals surface area contributed by atoms with Crippen LogP contribution in [0.15, 0.2) is 47.4 Å². The first kappa shape index (κ1) is 18.8. The van der Waals surface area contributed by atoms with Crippen LogP contribution < -0.4 is 14.8 Å². The third kappa shape index (κ3) is 3.83. The first-order chi connectivity index (χ1) is 13.5. The van der Waals surface area contributed by atoms with Crippen molar-refractivity contribution in [3.05, 3.63) is 48.0 Å². The highest BCUT2D eigenvalue weighted by molar-refractivity contribution is 7.89. The van der Waals surface area contributed by atoms with E-state index in [-0.39, 0.29) is 23.2 Å². The van der Waals surface area contributed by atoms with E-state index >= 15 is 0 Å². The number of rotatable bonds is 4. The third-order valence-corrected chi connectivity index (χ3v) is 6.82. The zero-order valence-electron chi connectivity index (χ0n) is 15.4. The highest BCUT2D eigenvalue weighted by Gasteiger charge is 2.26. The molecule has 0 unspecified atom stereocenters. The number of hydrogen-bond acceptors (Lipinski definition) is 5. The van der Waals surface area contributed by atoms with Crippen LogP contribution in [0.4, 0.5) is 5.69 Å². The Hall–Kier alpha value is -2.58. The quantitative estimate of drug-likeness (QED) is 0.849. The van der Waals surface area contributed by atoms with Crippen LogP contribution in [0.5, 0.6) is 11.5 Å². The maximum atomic E-state index is 13.0. The molecule has 0 spiro atoms. The second-order valence-corrected chi connectivity index (χ2v) is 8.81. The van der Waals surface area contributed by atoms with Crippen molar-refractivity contribution < 1.29 is 22.7 Å². The van der Waals surface area contributed by atoms with Gasteiger partial charge in [-0.05, 0) is 43.2 Å². The monoisotopic (exact) mass is 402 g/mol. The molecule has 1 saturated heterocycles. The van der Waals surface area contributed by atoms with Crippen LogP contribution in [-0.2, 0) is 10.0 Å². The Morgan fingerprint density at radius 1 is 0.929 bits per heavy atom. The fourth-order valence-corrected chi connectivity index (χ4v) is 4.97. The number of nitrogens with one attached hydrogen (secondary N) is 1. The average molecular weight is 402 g/mol. The van der Waals surface area contributed by atoms with Crippen LogP contribution in [0.25, 0.3) is 0 Å². The molecule has 2 aromatic carbocycles. The van der Waals surface area contributed by atoms with Crippen LogP contribution in [-0.4, -0.2) is 38.5 Å². The smallest absolute Gasteiger partial charge is 0.255 e. The average Bonchev–Trinajstić information content (AvgIpc) is 2.98. The van der Waals surface area contributed by atoms with Gasteiger partial charge in [-0.3, -0.25) is 4.79 Å². The maximum absolute atomic E-state index is 13.0. The molecule has 148 valence electrons. The molecule has 1 N–H and O–H groups in total. The van der Waals surface area contributed by atoms with E-state index in [1.54, 1.807) is 30.3 Å². The molecule has 0 bridgehead atoms. The number of carbonyl (C=O) groups is 1. The van der Waals surface area contributed by atoms with Crippen molar-refractivity contribution in [3.63, 3.8) is 0 Å². The van der Waals surface area contributed by atoms with Crippen LogP contribution >= 0.6 is 0 Å². The Bertz CT molecular complexity index is 982. The lowest BCUT2D eigenvalue weighted by Crippen LogP contribution is -2.32. The van der Waals surface area contributed by atoms with E-state index < -0.39 is 10.0 Å². The predicted octanol–water partition coefficient (Wildman–Crippen LogP) is 3.23. The molecular formula is C20H22N2O5S. The molecule has 28 heavy (non-hydrogen) atoms. The number of sulfonamides is 1. The van der Waals surface area contributed by atoms with Crippen molar-refractivity contribution >= 4 is 21.6 Å². The molecule has 2 aliphatic heterocycles. The number of hydrogen-bond donors (Lipinski definition) is 1. The minimum absolute atomic E-state index is 0.146. The first-order valence-corrected chi connectivity index (χ1v) is 10.8. The summed E-state index contributed by atoms with van der Waals surface area (Å²) in [6, 6.07) is 11.3. The van der Waals surface area contributed by atoms with Crippen LogP contribution in [0, 0.1) is 0 Å². The van der Waals surface area contributed by atoms with E-state index in [1.807, 2.05) is 0 Å². The summed E-state index contributed by atoms with van der Waals surface area (Å²) in [6.07, 6.45) is 3.82. The fraction of sp³-hybridized carbons (Fsp3) is 0.350. The normalized spacial score (nSPS) is 17.1. The van der Waals surface area contributed by atoms with Gasteiger partial charge in [0.1, 0.15) is 0 Å². The van der Waals surface area contributed by atoms with Gasteiger partial charge < -0.3 is 14.8 Å². The lowest BCUT2D eigenvalue weighted by Gasteiger charge is -2.20. The van der Waals surface area contributed by atoms with Gasteiger partial charge in [-0.1, -0.05) is 18.9 Å². The van der Waals surface area contributed by atoms with Crippen molar-refractivity contribution in [1.82, 2.24) is 4.31 Å². The van der Waals surface area contributed by atoms with Crippen LogP contribution in [0.2, 0.25) is 0 Å². The Morgan fingerprint density at radius 2 is 1.68 bits per heavy atom. The Labute approximate surface area is 164 Å². The van der Waals surface area contributed by atoms with E-state index in [0.29, 0.717) is 30.3 Å². The van der Waals surface area contributed by atoms with E-state index in [4.69, 9.17) is 9.47 Å². The van der Waals surface area contributed by atoms with Gasteiger partial charge in [0.2, 0.25) is 16.8 Å². The molecule has 7 nitrogen and oxygen atoms in total. The lowest BCUT2D eigenvalue weighted by molar-refractivity contribution is 0.102. The molecule has 0 radical (unpaired) electrons. The van der Waals surface area contributed by atoms with Gasteiger partial charge in [0.15, 0.2) is 11.5 Å². The second kappa shape index (κ2) is 7.81. The van der Waals surface area contributed by atoms with Crippen molar-refractivity contribution in [2.75, 3.05) is 25.2 Å². The minimum atomic E-state index is -3.61. The Kier molecular flexibility index (Phi) is 5.23. The topological polar surface area (TPSA) is 84.9 Å². The third-order valence-electron chi connectivity index (χ3n) is 4.93. The summed E-state index contributed by atoms with van der Waals surface area (Å²) < 4.78 is 38.0. The van der Waals surface area contributed by atoms with Gasteiger partial charge in [-0.25, -0.2) is 8.42 Å². The Morgan fingerprint density at radius 3 is 2.46 bits per heavy atom. The molecule has 2 aliphatic rings. The molecule has 1 fully saturated rings. The first-order valence-electron chi connectivity index (χ1n) is 9.35. The molecule has 4 rings (SSSR count). The predicted molar refractivity (Wildman–Crippen MR) is 104 cm³/mol. The zero-order valence-corrected chi connectivity index (χ0v) is 16.2. The van der Waals surface area contributed by atoms with Crippen molar-refractivity contribution in [3.8, 4) is 11.5 Å². The largest absolute Gasteiger partial charge is 0.454 e. The van der Waals surface area contributed by atoms with Gasteiger partial charge in [-0.2, -0.15) is 4.31 Å². The Balaban J connectivity index is 1.53. The maximum Gasteiger partial charge on any atom is 0.255 e. The summed E-state index contributed by atoms with van der Waals surface area (Å²) in [5, 5.41) is 2.77. The summed E-state index contributed by atoms with van der Waals surface area (Å²) in [6.45, 7) is 1.20. The van der Waals surface area contributed by atoms with Gasteiger partial charge >= 0.3 is 0 Å². The molecule has 8 heteroatoms. The van der Waals surface area contributed by atoms with Crippen LogP contribution in [0.3, 0.4) is 0 Å². The molecule has 1 amide bonds. The van der Waals surface area contributed by atoms with Crippen LogP contribution in [0.1, 0.15) is 36.0 Å². The van der Waals surface area contributed by atoms with Gasteiger partial charge in [0, 0.05) is 30.4 Å². The standard InChI is InChI=1S/C20H22N2O5S/c23-20(21-16-8-9-18-19(13-16)27-14-26-18)15-6-5-7-17(12-15)28(24,25)22-10-3-1-2-4-11-22/h5-9,12-13H,1-4,10-11,14H2,(H,21,23). The number of carbonyl (C=O) groups excluding carboxylic acids is 1. The number of fused-ring (bicyclic) bond motifs is 1. The molecule has 2 aromatic rings. The van der Waals surface area contributed by atoms with Crippen molar-refractivity contribution in [2.45, 2.75) is 30.6 Å². The molecule has 0 atom stereocenters. The van der Waals surface area contributed by atoms with E-state index in [1.165, 1.54) is 16.4 Å². The summed E-state index contributed by atoms with van der Waals surface area (Å²) in [5.74, 6) is 0.811. The number of benzene rings is 2. The highest BCUT2D eigenvalue weighted by Crippen LogP contribution is 2.34. The number of nitrogens with zero attached hydrogens (tertiary/aromatic N) is 1. The van der Waals surface area contributed by atoms with Gasteiger partial charge in [0.05, 0.1) is 4.90 Å². The summed E-state index contributed by atoms with van der Waals surface area (Å²) in [5.41, 5.74) is 0.837. The fourth-order valence-electron chi connectivity index (χ4n) is 3.41. The SMILES string of the molecule is O=C(Nc1ccc2c(c1)OCO2)c1cccc(S(=O)(=O)N2CCCCCC2)c1. The van der Waals surface area contributed by atoms with Crippen molar-refractivity contribution in [2.24, 2.45) is 0 Å². The highest BCUT2D eigenvalue weighted by atomic mass is 32.2.